The number of amides is 2. The molecule has 26 heavy (non-hydrogen) atoms. The molecule has 0 saturated carbocycles. The number of methoxy groups -OCH3 is 1. The molecule has 0 spiro atoms. The van der Waals surface area contributed by atoms with Crippen molar-refractivity contribution in [3.05, 3.63) is 52.5 Å². The lowest BCUT2D eigenvalue weighted by atomic mass is 10.3. The number of hydrogen-bond donors (Lipinski definition) is 2. The lowest BCUT2D eigenvalue weighted by Crippen LogP contribution is -2.31. The number of benzene rings is 2. The van der Waals surface area contributed by atoms with E-state index < -0.39 is 11.8 Å². The van der Waals surface area contributed by atoms with Gasteiger partial charge in [0.15, 0.2) is 0 Å². The normalized spacial score (nSPS) is 10.1. The molecule has 0 saturated heterocycles. The Hall–Kier alpha value is -2.44. The SMILES string of the molecule is COc1ccc(OCCNC(=O)CC(=O)Nc2cccc(Cl)c2Cl)cc1. The molecule has 6 nitrogen and oxygen atoms in total. The van der Waals surface area contributed by atoms with E-state index in [9.17, 15) is 9.59 Å². The van der Waals surface area contributed by atoms with Gasteiger partial charge in [0.2, 0.25) is 11.8 Å². The zero-order valence-corrected chi connectivity index (χ0v) is 15.6. The molecule has 0 atom stereocenters. The summed E-state index contributed by atoms with van der Waals surface area (Å²) < 4.78 is 10.5. The van der Waals surface area contributed by atoms with E-state index in [-0.39, 0.29) is 24.6 Å². The molecule has 138 valence electrons. The summed E-state index contributed by atoms with van der Waals surface area (Å²) in [7, 11) is 1.59. The summed E-state index contributed by atoms with van der Waals surface area (Å²) in [4.78, 5) is 23.7. The Morgan fingerprint density at radius 1 is 1.00 bits per heavy atom. The van der Waals surface area contributed by atoms with Crippen LogP contribution < -0.4 is 20.1 Å². The molecule has 0 aliphatic rings. The van der Waals surface area contributed by atoms with Gasteiger partial charge in [0.1, 0.15) is 24.5 Å². The average Bonchev–Trinajstić information content (AvgIpc) is 2.63. The van der Waals surface area contributed by atoms with Gasteiger partial charge < -0.3 is 20.1 Å². The molecule has 8 heteroatoms. The number of ether oxygens (including phenoxy) is 2. The van der Waals surface area contributed by atoms with Crippen molar-refractivity contribution >= 4 is 40.7 Å². The van der Waals surface area contributed by atoms with E-state index >= 15 is 0 Å². The minimum Gasteiger partial charge on any atom is -0.497 e. The van der Waals surface area contributed by atoms with Crippen molar-refractivity contribution in [2.75, 3.05) is 25.6 Å². The summed E-state index contributed by atoms with van der Waals surface area (Å²) in [6.07, 6.45) is -0.328. The molecule has 0 heterocycles. The summed E-state index contributed by atoms with van der Waals surface area (Å²) in [5, 5.41) is 5.72. The van der Waals surface area contributed by atoms with Crippen molar-refractivity contribution < 1.29 is 19.1 Å². The predicted molar refractivity (Wildman–Crippen MR) is 101 cm³/mol. The number of rotatable bonds is 8. The standard InChI is InChI=1S/C18H18Cl2N2O4/c1-25-12-5-7-13(8-6-12)26-10-9-21-16(23)11-17(24)22-15-4-2-3-14(19)18(15)20/h2-8H,9-11H2,1H3,(H,21,23)(H,22,24). The second-order valence-electron chi connectivity index (χ2n) is 5.20. The molecule has 2 rings (SSSR count). The highest BCUT2D eigenvalue weighted by Gasteiger charge is 2.12. The molecule has 0 aromatic heterocycles. The number of hydrogen-bond acceptors (Lipinski definition) is 4. The second-order valence-corrected chi connectivity index (χ2v) is 5.99. The highest BCUT2D eigenvalue weighted by molar-refractivity contribution is 6.44. The predicted octanol–water partition coefficient (Wildman–Crippen LogP) is 3.53. The largest absolute Gasteiger partial charge is 0.497 e. The van der Waals surface area contributed by atoms with Crippen LogP contribution in [0.5, 0.6) is 11.5 Å². The molecule has 2 aromatic carbocycles. The Balaban J connectivity index is 1.69. The van der Waals surface area contributed by atoms with Crippen LogP contribution in [0, 0.1) is 0 Å². The topological polar surface area (TPSA) is 76.7 Å². The average molecular weight is 397 g/mol. The minimum atomic E-state index is -0.484. The monoisotopic (exact) mass is 396 g/mol. The number of carbonyl (C=O) groups excluding carboxylic acids is 2. The van der Waals surface area contributed by atoms with E-state index in [4.69, 9.17) is 32.7 Å². The Labute approximate surface area is 161 Å². The molecule has 0 aliphatic heterocycles. The zero-order valence-electron chi connectivity index (χ0n) is 14.1. The molecule has 0 unspecified atom stereocenters. The second kappa shape index (κ2) is 9.89. The van der Waals surface area contributed by atoms with E-state index in [0.29, 0.717) is 16.5 Å². The highest BCUT2D eigenvalue weighted by Crippen LogP contribution is 2.29. The van der Waals surface area contributed by atoms with Crippen LogP contribution in [0.4, 0.5) is 5.69 Å². The van der Waals surface area contributed by atoms with Gasteiger partial charge in [-0.1, -0.05) is 29.3 Å². The summed E-state index contributed by atoms with van der Waals surface area (Å²) in [5.74, 6) is 0.492. The molecule has 2 N–H and O–H groups in total. The molecule has 0 fully saturated rings. The Bertz CT molecular complexity index is 766. The summed E-state index contributed by atoms with van der Waals surface area (Å²) in [5.41, 5.74) is 0.361. The van der Waals surface area contributed by atoms with E-state index in [0.717, 1.165) is 5.75 Å². The van der Waals surface area contributed by atoms with Crippen LogP contribution in [0.2, 0.25) is 10.0 Å². The van der Waals surface area contributed by atoms with E-state index in [1.165, 1.54) is 0 Å². The molecule has 0 aliphatic carbocycles. The summed E-state index contributed by atoms with van der Waals surface area (Å²) in [6, 6.07) is 12.0. The molecule has 2 aromatic rings. The van der Waals surface area contributed by atoms with Crippen LogP contribution in [0.25, 0.3) is 0 Å². The third-order valence-corrected chi connectivity index (χ3v) is 4.12. The van der Waals surface area contributed by atoms with Crippen molar-refractivity contribution in [2.24, 2.45) is 0 Å². The van der Waals surface area contributed by atoms with Gasteiger partial charge in [-0.25, -0.2) is 0 Å². The van der Waals surface area contributed by atoms with Gasteiger partial charge in [0, 0.05) is 0 Å². The maximum absolute atomic E-state index is 11.9. The Morgan fingerprint density at radius 3 is 2.38 bits per heavy atom. The smallest absolute Gasteiger partial charge is 0.233 e. The Morgan fingerprint density at radius 2 is 1.69 bits per heavy atom. The quantitative estimate of drug-likeness (QED) is 0.528. The van der Waals surface area contributed by atoms with E-state index in [2.05, 4.69) is 10.6 Å². The van der Waals surface area contributed by atoms with Gasteiger partial charge in [-0.3, -0.25) is 9.59 Å². The minimum absolute atomic E-state index is 0.232. The molecule has 0 bridgehead atoms. The lowest BCUT2D eigenvalue weighted by Gasteiger charge is -2.10. The van der Waals surface area contributed by atoms with Crippen molar-refractivity contribution in [2.45, 2.75) is 6.42 Å². The fraction of sp³-hybridized carbons (Fsp3) is 0.222. The number of halogens is 2. The van der Waals surface area contributed by atoms with Crippen molar-refractivity contribution in [3.8, 4) is 11.5 Å². The number of nitrogens with one attached hydrogen (secondary N) is 2. The van der Waals surface area contributed by atoms with E-state index in [1.807, 2.05) is 0 Å². The fourth-order valence-corrected chi connectivity index (χ4v) is 2.38. The van der Waals surface area contributed by atoms with Gasteiger partial charge in [-0.2, -0.15) is 0 Å². The Kier molecular flexibility index (Phi) is 7.56. The van der Waals surface area contributed by atoms with Gasteiger partial charge in [-0.05, 0) is 36.4 Å². The number of anilines is 1. The van der Waals surface area contributed by atoms with Gasteiger partial charge in [0.05, 0.1) is 29.4 Å². The van der Waals surface area contributed by atoms with Gasteiger partial charge in [0.25, 0.3) is 0 Å². The van der Waals surface area contributed by atoms with Crippen LogP contribution >= 0.6 is 23.2 Å². The van der Waals surface area contributed by atoms with Crippen LogP contribution in [0.3, 0.4) is 0 Å². The molecular weight excluding hydrogens is 379 g/mol. The van der Waals surface area contributed by atoms with Crippen LogP contribution in [0.1, 0.15) is 6.42 Å². The molecule has 2 amide bonds. The van der Waals surface area contributed by atoms with E-state index in [1.54, 1.807) is 49.6 Å². The third-order valence-electron chi connectivity index (χ3n) is 3.30. The highest BCUT2D eigenvalue weighted by atomic mass is 35.5. The summed E-state index contributed by atoms with van der Waals surface area (Å²) >= 11 is 11.9. The van der Waals surface area contributed by atoms with Crippen LogP contribution in [-0.2, 0) is 9.59 Å². The molecule has 0 radical (unpaired) electrons. The van der Waals surface area contributed by atoms with Crippen LogP contribution in [-0.4, -0.2) is 32.1 Å². The zero-order chi connectivity index (χ0) is 18.9. The number of carbonyl (C=O) groups is 2. The van der Waals surface area contributed by atoms with Gasteiger partial charge in [-0.15, -0.1) is 0 Å². The first-order chi connectivity index (χ1) is 12.5. The first-order valence-electron chi connectivity index (χ1n) is 7.77. The maximum Gasteiger partial charge on any atom is 0.233 e. The fourth-order valence-electron chi connectivity index (χ4n) is 2.03. The van der Waals surface area contributed by atoms with Crippen molar-refractivity contribution in [1.82, 2.24) is 5.32 Å². The maximum atomic E-state index is 11.9. The summed E-state index contributed by atoms with van der Waals surface area (Å²) in [6.45, 7) is 0.551. The van der Waals surface area contributed by atoms with Gasteiger partial charge >= 0.3 is 0 Å². The first-order valence-corrected chi connectivity index (χ1v) is 8.52. The van der Waals surface area contributed by atoms with Crippen molar-refractivity contribution in [1.29, 1.82) is 0 Å². The lowest BCUT2D eigenvalue weighted by molar-refractivity contribution is -0.126. The molecular formula is C18H18Cl2N2O4. The van der Waals surface area contributed by atoms with Crippen LogP contribution in [0.15, 0.2) is 42.5 Å². The van der Waals surface area contributed by atoms with Crippen molar-refractivity contribution in [3.63, 3.8) is 0 Å². The third kappa shape index (κ3) is 6.13. The first kappa shape index (κ1) is 19.9.